The first-order valence-corrected chi connectivity index (χ1v) is 4.58. The molecular formula is C8H14N4O2. The monoisotopic (exact) mass is 198 g/mol. The van der Waals surface area contributed by atoms with Crippen LogP contribution < -0.4 is 0 Å². The van der Waals surface area contributed by atoms with Gasteiger partial charge in [0.25, 0.3) is 0 Å². The van der Waals surface area contributed by atoms with E-state index in [1.807, 2.05) is 6.92 Å². The van der Waals surface area contributed by atoms with Gasteiger partial charge in [-0.25, -0.2) is 0 Å². The molecule has 0 aromatic rings. The molecule has 0 aliphatic carbocycles. The molecule has 0 spiro atoms. The summed E-state index contributed by atoms with van der Waals surface area (Å²) in [6.07, 6.45) is 0. The zero-order chi connectivity index (χ0) is 10.6. The van der Waals surface area contributed by atoms with Gasteiger partial charge in [-0.3, -0.25) is 4.79 Å². The summed E-state index contributed by atoms with van der Waals surface area (Å²) in [6.45, 7) is 3.19. The topological polar surface area (TPSA) is 89.3 Å². The SMILES string of the molecule is C[C@H]1CN(C(=O)CN=[N+]=[N-])C[C@H]1CO. The van der Waals surface area contributed by atoms with Crippen molar-refractivity contribution in [3.8, 4) is 0 Å². The molecule has 78 valence electrons. The molecule has 1 aliphatic rings. The minimum Gasteiger partial charge on any atom is -0.396 e. The van der Waals surface area contributed by atoms with Crippen molar-refractivity contribution in [2.75, 3.05) is 26.2 Å². The highest BCUT2D eigenvalue weighted by atomic mass is 16.3. The number of azide groups is 1. The zero-order valence-corrected chi connectivity index (χ0v) is 8.13. The lowest BCUT2D eigenvalue weighted by Crippen LogP contribution is -2.30. The molecule has 1 rings (SSSR count). The maximum absolute atomic E-state index is 11.4. The Bertz CT molecular complexity index is 262. The smallest absolute Gasteiger partial charge is 0.228 e. The van der Waals surface area contributed by atoms with Gasteiger partial charge >= 0.3 is 0 Å². The molecule has 0 unspecified atom stereocenters. The average Bonchev–Trinajstić information content (AvgIpc) is 2.56. The quantitative estimate of drug-likeness (QED) is 0.403. The maximum atomic E-state index is 11.4. The Morgan fingerprint density at radius 1 is 1.71 bits per heavy atom. The van der Waals surface area contributed by atoms with Crippen LogP contribution in [0, 0.1) is 11.8 Å². The molecule has 0 bridgehead atoms. The van der Waals surface area contributed by atoms with E-state index in [1.165, 1.54) is 0 Å². The molecule has 6 heteroatoms. The van der Waals surface area contributed by atoms with E-state index >= 15 is 0 Å². The number of rotatable bonds is 3. The Hall–Kier alpha value is -1.26. The fourth-order valence-electron chi connectivity index (χ4n) is 1.67. The lowest BCUT2D eigenvalue weighted by molar-refractivity contribution is -0.128. The molecule has 1 saturated heterocycles. The lowest BCUT2D eigenvalue weighted by Gasteiger charge is -2.14. The highest BCUT2D eigenvalue weighted by molar-refractivity contribution is 5.78. The van der Waals surface area contributed by atoms with E-state index in [4.69, 9.17) is 10.6 Å². The Morgan fingerprint density at radius 3 is 2.93 bits per heavy atom. The number of aliphatic hydroxyl groups excluding tert-OH is 1. The largest absolute Gasteiger partial charge is 0.396 e. The summed E-state index contributed by atoms with van der Waals surface area (Å²) in [5.41, 5.74) is 8.06. The number of hydrogen-bond donors (Lipinski definition) is 1. The normalized spacial score (nSPS) is 26.0. The van der Waals surface area contributed by atoms with Crippen molar-refractivity contribution in [1.29, 1.82) is 0 Å². The van der Waals surface area contributed by atoms with Crippen LogP contribution in [0.5, 0.6) is 0 Å². The number of carbonyl (C=O) groups excluding carboxylic acids is 1. The van der Waals surface area contributed by atoms with E-state index in [-0.39, 0.29) is 25.0 Å². The number of nitrogens with zero attached hydrogens (tertiary/aromatic N) is 4. The summed E-state index contributed by atoms with van der Waals surface area (Å²) in [7, 11) is 0. The minimum absolute atomic E-state index is 0.104. The number of hydrogen-bond acceptors (Lipinski definition) is 3. The van der Waals surface area contributed by atoms with Crippen LogP contribution in [-0.2, 0) is 4.79 Å². The van der Waals surface area contributed by atoms with Gasteiger partial charge in [0, 0.05) is 30.5 Å². The molecule has 0 radical (unpaired) electrons. The van der Waals surface area contributed by atoms with Crippen molar-refractivity contribution in [3.05, 3.63) is 10.4 Å². The van der Waals surface area contributed by atoms with Crippen molar-refractivity contribution in [2.24, 2.45) is 17.0 Å². The Kier molecular flexibility index (Phi) is 3.73. The molecule has 0 saturated carbocycles. The first-order chi connectivity index (χ1) is 6.69. The summed E-state index contributed by atoms with van der Waals surface area (Å²) in [6, 6.07) is 0. The average molecular weight is 198 g/mol. The molecule has 1 heterocycles. The number of aliphatic hydroxyl groups is 1. The van der Waals surface area contributed by atoms with Crippen LogP contribution in [0.25, 0.3) is 10.4 Å². The van der Waals surface area contributed by atoms with E-state index in [0.29, 0.717) is 19.0 Å². The number of carbonyl (C=O) groups is 1. The highest BCUT2D eigenvalue weighted by Gasteiger charge is 2.31. The zero-order valence-electron chi connectivity index (χ0n) is 8.13. The second kappa shape index (κ2) is 4.83. The van der Waals surface area contributed by atoms with Crippen LogP contribution in [0.1, 0.15) is 6.92 Å². The predicted molar refractivity (Wildman–Crippen MR) is 50.3 cm³/mol. The first kappa shape index (κ1) is 10.8. The van der Waals surface area contributed by atoms with Gasteiger partial charge < -0.3 is 10.0 Å². The Morgan fingerprint density at radius 2 is 2.43 bits per heavy atom. The van der Waals surface area contributed by atoms with Gasteiger partial charge in [0.1, 0.15) is 6.54 Å². The Balaban J connectivity index is 2.48. The van der Waals surface area contributed by atoms with Gasteiger partial charge in [-0.15, -0.1) is 0 Å². The van der Waals surface area contributed by atoms with Crippen LogP contribution >= 0.6 is 0 Å². The maximum Gasteiger partial charge on any atom is 0.228 e. The standard InChI is InChI=1S/C8H14N4O2/c1-6-3-12(4-7(6)5-13)8(14)2-10-11-9/h6-7,13H,2-5H2,1H3/t6-,7-/m0/s1. The van der Waals surface area contributed by atoms with E-state index in [9.17, 15) is 4.79 Å². The van der Waals surface area contributed by atoms with Gasteiger partial charge in [-0.1, -0.05) is 12.0 Å². The van der Waals surface area contributed by atoms with Gasteiger partial charge in [-0.2, -0.15) is 0 Å². The second-order valence-corrected chi connectivity index (χ2v) is 3.61. The molecule has 6 nitrogen and oxygen atoms in total. The van der Waals surface area contributed by atoms with E-state index in [2.05, 4.69) is 10.0 Å². The number of likely N-dealkylation sites (tertiary alicyclic amines) is 1. The molecule has 2 atom stereocenters. The first-order valence-electron chi connectivity index (χ1n) is 4.58. The van der Waals surface area contributed by atoms with Crippen molar-refractivity contribution in [2.45, 2.75) is 6.92 Å². The van der Waals surface area contributed by atoms with Gasteiger partial charge in [0.05, 0.1) is 0 Å². The molecular weight excluding hydrogens is 184 g/mol. The number of amides is 1. The van der Waals surface area contributed by atoms with E-state index in [1.54, 1.807) is 4.90 Å². The van der Waals surface area contributed by atoms with E-state index < -0.39 is 0 Å². The van der Waals surface area contributed by atoms with E-state index in [0.717, 1.165) is 0 Å². The Labute approximate surface area is 82.1 Å². The molecule has 1 aliphatic heterocycles. The third-order valence-corrected chi connectivity index (χ3v) is 2.62. The van der Waals surface area contributed by atoms with Gasteiger partial charge in [-0.05, 0) is 11.4 Å². The van der Waals surface area contributed by atoms with Crippen LogP contribution in [0.15, 0.2) is 5.11 Å². The van der Waals surface area contributed by atoms with Crippen molar-refractivity contribution in [1.82, 2.24) is 4.90 Å². The second-order valence-electron chi connectivity index (χ2n) is 3.61. The van der Waals surface area contributed by atoms with Gasteiger partial charge in [0.2, 0.25) is 5.91 Å². The predicted octanol–water partition coefficient (Wildman–Crippen LogP) is 0.384. The van der Waals surface area contributed by atoms with Crippen LogP contribution in [0.2, 0.25) is 0 Å². The lowest BCUT2D eigenvalue weighted by atomic mass is 10.00. The summed E-state index contributed by atoms with van der Waals surface area (Å²) in [4.78, 5) is 15.6. The molecule has 1 fully saturated rings. The van der Waals surface area contributed by atoms with Crippen LogP contribution in [0.4, 0.5) is 0 Å². The van der Waals surface area contributed by atoms with Gasteiger partial charge in [0.15, 0.2) is 0 Å². The summed E-state index contributed by atoms with van der Waals surface area (Å²) in [5, 5.41) is 12.2. The van der Waals surface area contributed by atoms with Crippen molar-refractivity contribution < 1.29 is 9.90 Å². The third kappa shape index (κ3) is 2.37. The van der Waals surface area contributed by atoms with Crippen molar-refractivity contribution in [3.63, 3.8) is 0 Å². The highest BCUT2D eigenvalue weighted by Crippen LogP contribution is 2.22. The third-order valence-electron chi connectivity index (χ3n) is 2.62. The molecule has 1 amide bonds. The molecule has 14 heavy (non-hydrogen) atoms. The fourth-order valence-corrected chi connectivity index (χ4v) is 1.67. The molecule has 0 aromatic carbocycles. The minimum atomic E-state index is -0.161. The molecule has 1 N–H and O–H groups in total. The summed E-state index contributed by atoms with van der Waals surface area (Å²) < 4.78 is 0. The summed E-state index contributed by atoms with van der Waals surface area (Å²) in [5.74, 6) is 0.311. The molecule has 0 aromatic heterocycles. The van der Waals surface area contributed by atoms with Crippen LogP contribution in [0.3, 0.4) is 0 Å². The van der Waals surface area contributed by atoms with Crippen LogP contribution in [-0.4, -0.2) is 42.2 Å². The fraction of sp³-hybridized carbons (Fsp3) is 0.875. The summed E-state index contributed by atoms with van der Waals surface area (Å²) >= 11 is 0. The van der Waals surface area contributed by atoms with Crippen molar-refractivity contribution >= 4 is 5.91 Å².